The number of carbonyl (C=O) groups is 1. The Balaban J connectivity index is 2.05. The van der Waals surface area contributed by atoms with Gasteiger partial charge in [-0.1, -0.05) is 17.7 Å². The predicted octanol–water partition coefficient (Wildman–Crippen LogP) is 4.77. The molecule has 1 aromatic rings. The Hall–Kier alpha value is -1.26. The number of methoxy groups -OCH3 is 1. The fraction of sp³-hybridized carbons (Fsp3) is 0.611. The Kier molecular flexibility index (Phi) is 6.72. The van der Waals surface area contributed by atoms with E-state index in [9.17, 15) is 4.79 Å². The highest BCUT2D eigenvalue weighted by Crippen LogP contribution is 2.29. The number of ether oxygens (including phenoxy) is 1. The third-order valence-electron chi connectivity index (χ3n) is 4.44. The van der Waals surface area contributed by atoms with Crippen LogP contribution in [0.3, 0.4) is 0 Å². The van der Waals surface area contributed by atoms with Crippen molar-refractivity contribution in [3.8, 4) is 0 Å². The van der Waals surface area contributed by atoms with Crippen LogP contribution in [0.4, 0.5) is 10.5 Å². The van der Waals surface area contributed by atoms with Gasteiger partial charge >= 0.3 is 6.03 Å². The Labute approximate surface area is 144 Å². The van der Waals surface area contributed by atoms with Gasteiger partial charge in [-0.3, -0.25) is 0 Å². The lowest BCUT2D eigenvalue weighted by Crippen LogP contribution is -2.46. The van der Waals surface area contributed by atoms with E-state index in [4.69, 9.17) is 16.3 Å². The second kappa shape index (κ2) is 8.55. The zero-order valence-electron chi connectivity index (χ0n) is 14.3. The van der Waals surface area contributed by atoms with Crippen LogP contribution in [0.2, 0.25) is 5.02 Å². The molecule has 0 radical (unpaired) electrons. The van der Waals surface area contributed by atoms with Crippen LogP contribution in [0.25, 0.3) is 0 Å². The van der Waals surface area contributed by atoms with Crippen LogP contribution in [-0.2, 0) is 4.74 Å². The molecule has 128 valence electrons. The fourth-order valence-corrected chi connectivity index (χ4v) is 3.65. The lowest BCUT2D eigenvalue weighted by atomic mass is 9.98. The maximum atomic E-state index is 12.7. The zero-order chi connectivity index (χ0) is 16.8. The van der Waals surface area contributed by atoms with E-state index >= 15 is 0 Å². The topological polar surface area (TPSA) is 41.6 Å². The minimum Gasteiger partial charge on any atom is -0.385 e. The molecular formula is C18H27ClN2O2. The van der Waals surface area contributed by atoms with Crippen LogP contribution >= 0.6 is 11.6 Å². The largest absolute Gasteiger partial charge is 0.385 e. The monoisotopic (exact) mass is 338 g/mol. The number of hydrogen-bond donors (Lipinski definition) is 1. The van der Waals surface area contributed by atoms with Gasteiger partial charge in [0, 0.05) is 26.3 Å². The summed E-state index contributed by atoms with van der Waals surface area (Å²) in [4.78, 5) is 14.7. The fourth-order valence-electron chi connectivity index (χ4n) is 3.28. The average molecular weight is 339 g/mol. The molecule has 0 unspecified atom stereocenters. The number of nitrogens with zero attached hydrogens (tertiary/aromatic N) is 1. The first kappa shape index (κ1) is 18.1. The van der Waals surface area contributed by atoms with Crippen molar-refractivity contribution in [1.29, 1.82) is 0 Å². The summed E-state index contributed by atoms with van der Waals surface area (Å²) in [5, 5.41) is 3.62. The lowest BCUT2D eigenvalue weighted by Gasteiger charge is -2.36. The number of carbonyl (C=O) groups excluding carboxylic acids is 1. The number of piperidine rings is 1. The first-order valence-corrected chi connectivity index (χ1v) is 8.74. The van der Waals surface area contributed by atoms with Crippen molar-refractivity contribution in [3.05, 3.63) is 28.3 Å². The molecule has 1 fully saturated rings. The summed E-state index contributed by atoms with van der Waals surface area (Å²) in [5.41, 5.74) is 2.82. The van der Waals surface area contributed by atoms with Crippen molar-refractivity contribution in [2.75, 3.05) is 25.6 Å². The number of aryl methyl sites for hydroxylation is 2. The van der Waals surface area contributed by atoms with Crippen molar-refractivity contribution < 1.29 is 9.53 Å². The van der Waals surface area contributed by atoms with Crippen molar-refractivity contribution in [2.45, 2.75) is 52.0 Å². The molecule has 0 saturated carbocycles. The second-order valence-electron chi connectivity index (χ2n) is 6.35. The van der Waals surface area contributed by atoms with Crippen LogP contribution in [-0.4, -0.2) is 37.2 Å². The Bertz CT molecular complexity index is 525. The number of anilines is 1. The molecule has 1 saturated heterocycles. The van der Waals surface area contributed by atoms with Crippen molar-refractivity contribution in [3.63, 3.8) is 0 Å². The minimum atomic E-state index is -0.0408. The zero-order valence-corrected chi connectivity index (χ0v) is 15.1. The summed E-state index contributed by atoms with van der Waals surface area (Å²) in [6.07, 6.45) is 5.29. The molecule has 1 atom stereocenters. The van der Waals surface area contributed by atoms with Crippen molar-refractivity contribution >= 4 is 23.3 Å². The first-order chi connectivity index (χ1) is 11.0. The van der Waals surface area contributed by atoms with Crippen LogP contribution in [0, 0.1) is 13.8 Å². The van der Waals surface area contributed by atoms with Crippen LogP contribution < -0.4 is 5.32 Å². The Morgan fingerprint density at radius 1 is 1.39 bits per heavy atom. The van der Waals surface area contributed by atoms with E-state index in [2.05, 4.69) is 5.32 Å². The van der Waals surface area contributed by atoms with Gasteiger partial charge in [0.15, 0.2) is 0 Å². The van der Waals surface area contributed by atoms with Gasteiger partial charge < -0.3 is 15.0 Å². The molecule has 5 heteroatoms. The quantitative estimate of drug-likeness (QED) is 0.786. The molecule has 0 aromatic heterocycles. The summed E-state index contributed by atoms with van der Waals surface area (Å²) < 4.78 is 5.13. The molecule has 1 N–H and O–H groups in total. The van der Waals surface area contributed by atoms with Crippen LogP contribution in [0.5, 0.6) is 0 Å². The summed E-state index contributed by atoms with van der Waals surface area (Å²) >= 11 is 6.31. The van der Waals surface area contributed by atoms with Gasteiger partial charge in [-0.15, -0.1) is 0 Å². The highest BCUT2D eigenvalue weighted by Gasteiger charge is 2.27. The maximum absolute atomic E-state index is 12.7. The maximum Gasteiger partial charge on any atom is 0.322 e. The molecule has 2 amide bonds. The van der Waals surface area contributed by atoms with E-state index in [0.29, 0.717) is 11.1 Å². The molecular weight excluding hydrogens is 312 g/mol. The van der Waals surface area contributed by atoms with Gasteiger partial charge in [-0.2, -0.15) is 0 Å². The van der Waals surface area contributed by atoms with Gasteiger partial charge in [0.05, 0.1) is 10.7 Å². The number of halogens is 1. The molecule has 1 aliphatic rings. The standard InChI is InChI=1S/C18H27ClN2O2/c1-13-11-14(2)17(16(19)12-13)20-18(22)21-9-5-4-7-15(21)8-6-10-23-3/h11-12,15H,4-10H2,1-3H3,(H,20,22)/t15-/m1/s1. The number of urea groups is 1. The van der Waals surface area contributed by atoms with Gasteiger partial charge in [-0.05, 0) is 63.1 Å². The Morgan fingerprint density at radius 3 is 2.87 bits per heavy atom. The third-order valence-corrected chi connectivity index (χ3v) is 4.74. The molecule has 23 heavy (non-hydrogen) atoms. The van der Waals surface area contributed by atoms with Crippen molar-refractivity contribution in [2.24, 2.45) is 0 Å². The summed E-state index contributed by atoms with van der Waals surface area (Å²) in [6, 6.07) is 4.17. The molecule has 2 rings (SSSR count). The molecule has 0 bridgehead atoms. The third kappa shape index (κ3) is 4.85. The molecule has 1 aliphatic heterocycles. The average Bonchev–Trinajstić information content (AvgIpc) is 2.51. The Morgan fingerprint density at radius 2 is 2.17 bits per heavy atom. The first-order valence-electron chi connectivity index (χ1n) is 8.36. The summed E-state index contributed by atoms with van der Waals surface area (Å²) in [7, 11) is 1.72. The van der Waals surface area contributed by atoms with E-state index in [1.165, 1.54) is 6.42 Å². The number of rotatable bonds is 5. The smallest absolute Gasteiger partial charge is 0.322 e. The number of amides is 2. The SMILES string of the molecule is COCCC[C@H]1CCCCN1C(=O)Nc1c(C)cc(C)cc1Cl. The molecule has 0 aliphatic carbocycles. The highest BCUT2D eigenvalue weighted by molar-refractivity contribution is 6.34. The minimum absolute atomic E-state index is 0.0408. The predicted molar refractivity (Wildman–Crippen MR) is 95.4 cm³/mol. The lowest BCUT2D eigenvalue weighted by molar-refractivity contribution is 0.141. The second-order valence-corrected chi connectivity index (χ2v) is 6.75. The van der Waals surface area contributed by atoms with Gasteiger partial charge in [0.1, 0.15) is 0 Å². The number of nitrogens with one attached hydrogen (secondary N) is 1. The van der Waals surface area contributed by atoms with Crippen LogP contribution in [0.1, 0.15) is 43.2 Å². The van der Waals surface area contributed by atoms with E-state index in [1.54, 1.807) is 7.11 Å². The van der Waals surface area contributed by atoms with Gasteiger partial charge in [-0.25, -0.2) is 4.79 Å². The van der Waals surface area contributed by atoms with Gasteiger partial charge in [0.2, 0.25) is 0 Å². The van der Waals surface area contributed by atoms with E-state index in [-0.39, 0.29) is 6.03 Å². The summed E-state index contributed by atoms with van der Waals surface area (Å²) in [6.45, 7) is 5.53. The normalized spacial score (nSPS) is 18.1. The highest BCUT2D eigenvalue weighted by atomic mass is 35.5. The molecule has 0 spiro atoms. The number of likely N-dealkylation sites (tertiary alicyclic amines) is 1. The van der Waals surface area contributed by atoms with Gasteiger partial charge in [0.25, 0.3) is 0 Å². The molecule has 4 nitrogen and oxygen atoms in total. The van der Waals surface area contributed by atoms with E-state index in [1.807, 2.05) is 30.9 Å². The number of hydrogen-bond acceptors (Lipinski definition) is 2. The summed E-state index contributed by atoms with van der Waals surface area (Å²) in [5.74, 6) is 0. The molecule has 1 heterocycles. The molecule has 1 aromatic carbocycles. The number of benzene rings is 1. The van der Waals surface area contributed by atoms with E-state index in [0.717, 1.165) is 55.6 Å². The van der Waals surface area contributed by atoms with E-state index < -0.39 is 0 Å². The van der Waals surface area contributed by atoms with Crippen LogP contribution in [0.15, 0.2) is 12.1 Å². The van der Waals surface area contributed by atoms with Crippen molar-refractivity contribution in [1.82, 2.24) is 4.90 Å².